The number of tetrazole rings is 1. The molecule has 3 rings (SSSR count). The van der Waals surface area contributed by atoms with Gasteiger partial charge >= 0.3 is 5.97 Å². The largest absolute Gasteiger partial charge is 0.449 e. The van der Waals surface area contributed by atoms with E-state index in [1.165, 1.54) is 17.9 Å². The van der Waals surface area contributed by atoms with E-state index in [4.69, 9.17) is 27.9 Å². The van der Waals surface area contributed by atoms with Crippen molar-refractivity contribution < 1.29 is 14.3 Å². The molecule has 29 heavy (non-hydrogen) atoms. The Labute approximate surface area is 176 Å². The van der Waals surface area contributed by atoms with Crippen molar-refractivity contribution in [1.82, 2.24) is 25.5 Å². The SMILES string of the molecule is C[C@@H](OC(=O)c1ccc(-n2cnnn2)cc1)C(=O)N[C@H](C)c1ccc(Cl)cc1Cl. The standard InChI is InChI=1S/C19H17Cl2N5O3/c1-11(16-8-5-14(20)9-17(16)21)23-18(27)12(2)29-19(28)13-3-6-15(7-4-13)26-10-22-24-25-26/h3-12H,1-2H3,(H,23,27)/t11-,12-/m1/s1. The van der Waals surface area contributed by atoms with Gasteiger partial charge in [-0.3, -0.25) is 4.79 Å². The van der Waals surface area contributed by atoms with Crippen LogP contribution in [0, 0.1) is 0 Å². The molecule has 8 nitrogen and oxygen atoms in total. The van der Waals surface area contributed by atoms with Gasteiger partial charge in [0.1, 0.15) is 6.33 Å². The van der Waals surface area contributed by atoms with E-state index in [1.807, 2.05) is 0 Å². The van der Waals surface area contributed by atoms with Crippen molar-refractivity contribution in [2.24, 2.45) is 0 Å². The van der Waals surface area contributed by atoms with Gasteiger partial charge in [-0.15, -0.1) is 5.10 Å². The molecule has 1 aromatic heterocycles. The number of carbonyl (C=O) groups is 2. The lowest BCUT2D eigenvalue weighted by atomic mass is 10.1. The Balaban J connectivity index is 1.59. The van der Waals surface area contributed by atoms with Crippen LogP contribution in [0.5, 0.6) is 0 Å². The molecule has 0 saturated heterocycles. The number of hydrogen-bond acceptors (Lipinski definition) is 6. The zero-order chi connectivity index (χ0) is 21.0. The van der Waals surface area contributed by atoms with Crippen LogP contribution in [0.4, 0.5) is 0 Å². The lowest BCUT2D eigenvalue weighted by Gasteiger charge is -2.19. The van der Waals surface area contributed by atoms with Gasteiger partial charge in [-0.05, 0) is 66.2 Å². The van der Waals surface area contributed by atoms with E-state index >= 15 is 0 Å². The summed E-state index contributed by atoms with van der Waals surface area (Å²) < 4.78 is 6.72. The van der Waals surface area contributed by atoms with Crippen LogP contribution in [0.2, 0.25) is 10.0 Å². The lowest BCUT2D eigenvalue weighted by Crippen LogP contribution is -2.37. The Bertz CT molecular complexity index is 1010. The van der Waals surface area contributed by atoms with Crippen LogP contribution >= 0.6 is 23.2 Å². The quantitative estimate of drug-likeness (QED) is 0.598. The molecule has 1 N–H and O–H groups in total. The molecule has 0 radical (unpaired) electrons. The van der Waals surface area contributed by atoms with Crippen LogP contribution in [0.3, 0.4) is 0 Å². The number of amides is 1. The second-order valence-corrected chi connectivity index (χ2v) is 7.09. The monoisotopic (exact) mass is 433 g/mol. The smallest absolute Gasteiger partial charge is 0.338 e. The van der Waals surface area contributed by atoms with Gasteiger partial charge in [0.25, 0.3) is 5.91 Å². The van der Waals surface area contributed by atoms with Crippen molar-refractivity contribution in [2.45, 2.75) is 26.0 Å². The fraction of sp³-hybridized carbons (Fsp3) is 0.211. The molecule has 0 saturated carbocycles. The summed E-state index contributed by atoms with van der Waals surface area (Å²) >= 11 is 12.1. The van der Waals surface area contributed by atoms with E-state index in [0.29, 0.717) is 26.9 Å². The molecule has 0 unspecified atom stereocenters. The van der Waals surface area contributed by atoms with Gasteiger partial charge in [0.15, 0.2) is 6.10 Å². The van der Waals surface area contributed by atoms with Crippen molar-refractivity contribution in [2.75, 3.05) is 0 Å². The molecular formula is C19H17Cl2N5O3. The average molecular weight is 434 g/mol. The summed E-state index contributed by atoms with van der Waals surface area (Å²) in [5.41, 5.74) is 1.70. The van der Waals surface area contributed by atoms with Gasteiger partial charge in [0.05, 0.1) is 17.3 Å². The third kappa shape index (κ3) is 5.10. The number of hydrogen-bond donors (Lipinski definition) is 1. The average Bonchev–Trinajstić information content (AvgIpc) is 3.22. The molecule has 1 heterocycles. The van der Waals surface area contributed by atoms with Crippen molar-refractivity contribution in [3.05, 3.63) is 70.0 Å². The number of halogens is 2. The molecule has 0 aliphatic rings. The Morgan fingerprint density at radius 1 is 1.10 bits per heavy atom. The highest BCUT2D eigenvalue weighted by molar-refractivity contribution is 6.35. The summed E-state index contributed by atoms with van der Waals surface area (Å²) in [4.78, 5) is 24.7. The van der Waals surface area contributed by atoms with Gasteiger partial charge in [-0.25, -0.2) is 9.48 Å². The first-order chi connectivity index (χ1) is 13.8. The minimum absolute atomic E-state index is 0.301. The van der Waals surface area contributed by atoms with Crippen LogP contribution in [0.15, 0.2) is 48.8 Å². The molecule has 150 valence electrons. The second-order valence-electron chi connectivity index (χ2n) is 6.24. The molecule has 3 aromatic rings. The van der Waals surface area contributed by atoms with Gasteiger partial charge in [0, 0.05) is 10.0 Å². The number of esters is 1. The molecular weight excluding hydrogens is 417 g/mol. The maximum Gasteiger partial charge on any atom is 0.338 e. The molecule has 0 aliphatic carbocycles. The normalized spacial score (nSPS) is 12.8. The topological polar surface area (TPSA) is 99.0 Å². The number of benzene rings is 2. The first-order valence-electron chi connectivity index (χ1n) is 8.65. The minimum atomic E-state index is -0.991. The van der Waals surface area contributed by atoms with Crippen LogP contribution in [-0.4, -0.2) is 38.2 Å². The van der Waals surface area contributed by atoms with E-state index in [9.17, 15) is 9.59 Å². The molecule has 0 fully saturated rings. The zero-order valence-electron chi connectivity index (χ0n) is 15.5. The summed E-state index contributed by atoms with van der Waals surface area (Å²) in [5.74, 6) is -1.06. The Morgan fingerprint density at radius 3 is 2.45 bits per heavy atom. The number of ether oxygens (including phenoxy) is 1. The van der Waals surface area contributed by atoms with Crippen molar-refractivity contribution in [1.29, 1.82) is 0 Å². The van der Waals surface area contributed by atoms with Gasteiger partial charge in [-0.1, -0.05) is 29.3 Å². The number of carbonyl (C=O) groups excluding carboxylic acids is 2. The van der Waals surface area contributed by atoms with E-state index in [2.05, 4.69) is 20.8 Å². The number of aromatic nitrogens is 4. The zero-order valence-corrected chi connectivity index (χ0v) is 17.1. The molecule has 0 bridgehead atoms. The van der Waals surface area contributed by atoms with Crippen LogP contribution in [0.25, 0.3) is 5.69 Å². The van der Waals surface area contributed by atoms with Gasteiger partial charge < -0.3 is 10.1 Å². The lowest BCUT2D eigenvalue weighted by molar-refractivity contribution is -0.129. The predicted molar refractivity (Wildman–Crippen MR) is 107 cm³/mol. The first-order valence-corrected chi connectivity index (χ1v) is 9.40. The Morgan fingerprint density at radius 2 is 1.83 bits per heavy atom. The van der Waals surface area contributed by atoms with Crippen molar-refractivity contribution in [3.8, 4) is 5.69 Å². The Kier molecular flexibility index (Phi) is 6.46. The summed E-state index contributed by atoms with van der Waals surface area (Å²) in [7, 11) is 0. The highest BCUT2D eigenvalue weighted by Crippen LogP contribution is 2.26. The number of nitrogens with one attached hydrogen (secondary N) is 1. The fourth-order valence-corrected chi connectivity index (χ4v) is 3.15. The maximum absolute atomic E-state index is 12.4. The fourth-order valence-electron chi connectivity index (χ4n) is 2.57. The third-order valence-corrected chi connectivity index (χ3v) is 4.72. The maximum atomic E-state index is 12.4. The van der Waals surface area contributed by atoms with Gasteiger partial charge in [0.2, 0.25) is 0 Å². The van der Waals surface area contributed by atoms with E-state index in [-0.39, 0.29) is 6.04 Å². The number of nitrogens with zero attached hydrogens (tertiary/aromatic N) is 4. The summed E-state index contributed by atoms with van der Waals surface area (Å²) in [6.45, 7) is 3.28. The van der Waals surface area contributed by atoms with Crippen LogP contribution in [0.1, 0.15) is 35.8 Å². The van der Waals surface area contributed by atoms with E-state index in [1.54, 1.807) is 49.4 Å². The second kappa shape index (κ2) is 9.02. The predicted octanol–water partition coefficient (Wildman–Crippen LogP) is 3.39. The van der Waals surface area contributed by atoms with Gasteiger partial charge in [-0.2, -0.15) is 0 Å². The summed E-state index contributed by atoms with van der Waals surface area (Å²) in [6, 6.07) is 11.1. The molecule has 2 aromatic carbocycles. The minimum Gasteiger partial charge on any atom is -0.449 e. The Hall–Kier alpha value is -2.97. The molecule has 1 amide bonds. The van der Waals surface area contributed by atoms with Crippen molar-refractivity contribution in [3.63, 3.8) is 0 Å². The van der Waals surface area contributed by atoms with Crippen LogP contribution in [-0.2, 0) is 9.53 Å². The summed E-state index contributed by atoms with van der Waals surface area (Å²) in [5, 5.41) is 14.6. The highest BCUT2D eigenvalue weighted by Gasteiger charge is 2.22. The number of rotatable bonds is 6. The molecule has 0 spiro atoms. The third-order valence-electron chi connectivity index (χ3n) is 4.16. The van der Waals surface area contributed by atoms with Crippen LogP contribution < -0.4 is 5.32 Å². The summed E-state index contributed by atoms with van der Waals surface area (Å²) in [6.07, 6.45) is 0.448. The molecule has 2 atom stereocenters. The highest BCUT2D eigenvalue weighted by atomic mass is 35.5. The first kappa shape index (κ1) is 20.8. The molecule has 0 aliphatic heterocycles. The van der Waals surface area contributed by atoms with E-state index in [0.717, 1.165) is 0 Å². The van der Waals surface area contributed by atoms with E-state index < -0.39 is 18.0 Å². The van der Waals surface area contributed by atoms with Crippen molar-refractivity contribution >= 4 is 35.1 Å². The molecule has 10 heteroatoms.